The van der Waals surface area contributed by atoms with Gasteiger partial charge < -0.3 is 10.0 Å². The number of thiazole rings is 1. The molecule has 2 unspecified atom stereocenters. The van der Waals surface area contributed by atoms with E-state index in [0.717, 1.165) is 18.2 Å². The molecule has 7 heteroatoms. The minimum atomic E-state index is -0.759. The van der Waals surface area contributed by atoms with Crippen molar-refractivity contribution in [3.8, 4) is 0 Å². The molecule has 1 fully saturated rings. The summed E-state index contributed by atoms with van der Waals surface area (Å²) in [6, 6.07) is 2.47. The fraction of sp³-hybridized carbons (Fsp3) is 0.333. The number of aromatic nitrogens is 1. The Morgan fingerprint density at radius 3 is 2.91 bits per heavy atom. The minimum Gasteiger partial charge on any atom is -0.391 e. The average Bonchev–Trinajstić information content (AvgIpc) is 3.07. The summed E-state index contributed by atoms with van der Waals surface area (Å²) in [5.41, 5.74) is 2.24. The van der Waals surface area contributed by atoms with E-state index in [4.69, 9.17) is 0 Å². The predicted octanol–water partition coefficient (Wildman–Crippen LogP) is 2.68. The van der Waals surface area contributed by atoms with E-state index in [1.807, 2.05) is 0 Å². The molecule has 3 rings (SSSR count). The smallest absolute Gasteiger partial charge is 0.266 e. The summed E-state index contributed by atoms with van der Waals surface area (Å²) in [5, 5.41) is 9.88. The molecule has 1 aliphatic rings. The molecule has 0 bridgehead atoms. The number of carbonyl (C=O) groups excluding carboxylic acids is 1. The molecule has 2 heterocycles. The van der Waals surface area contributed by atoms with Gasteiger partial charge in [0.15, 0.2) is 0 Å². The number of aliphatic hydroxyl groups excluding tert-OH is 1. The molecule has 0 saturated carbocycles. The van der Waals surface area contributed by atoms with Crippen LogP contribution in [0.25, 0.3) is 0 Å². The molecule has 116 valence electrons. The van der Waals surface area contributed by atoms with Gasteiger partial charge in [0.05, 0.1) is 23.4 Å². The zero-order chi connectivity index (χ0) is 15.9. The highest BCUT2D eigenvalue weighted by Gasteiger charge is 2.38. The van der Waals surface area contributed by atoms with Crippen molar-refractivity contribution >= 4 is 17.2 Å². The number of hydrogen-bond acceptors (Lipinski definition) is 4. The molecule has 22 heavy (non-hydrogen) atoms. The molecule has 1 aromatic carbocycles. The van der Waals surface area contributed by atoms with E-state index in [-0.39, 0.29) is 24.4 Å². The van der Waals surface area contributed by atoms with Crippen molar-refractivity contribution < 1.29 is 18.7 Å². The lowest BCUT2D eigenvalue weighted by Gasteiger charge is -2.24. The van der Waals surface area contributed by atoms with Crippen molar-refractivity contribution in [3.05, 3.63) is 51.5 Å². The Hall–Kier alpha value is -1.86. The molecule has 0 radical (unpaired) electrons. The maximum Gasteiger partial charge on any atom is 0.266 e. The van der Waals surface area contributed by atoms with Gasteiger partial charge >= 0.3 is 0 Å². The van der Waals surface area contributed by atoms with Crippen molar-refractivity contribution in [2.75, 3.05) is 6.54 Å². The number of aliphatic hydroxyl groups is 1. The van der Waals surface area contributed by atoms with E-state index >= 15 is 0 Å². The van der Waals surface area contributed by atoms with Crippen molar-refractivity contribution in [2.24, 2.45) is 0 Å². The first-order chi connectivity index (χ1) is 10.5. The molecule has 4 nitrogen and oxygen atoms in total. The van der Waals surface area contributed by atoms with Gasteiger partial charge in [-0.3, -0.25) is 4.79 Å². The quantitative estimate of drug-likeness (QED) is 0.924. The minimum absolute atomic E-state index is 0.0899. The molecule has 2 atom stereocenters. The molecule has 1 aliphatic heterocycles. The third kappa shape index (κ3) is 2.62. The molecular weight excluding hydrogens is 310 g/mol. The van der Waals surface area contributed by atoms with Crippen LogP contribution in [-0.2, 0) is 0 Å². The number of likely N-dealkylation sites (tertiary alicyclic amines) is 1. The number of amides is 1. The Bertz CT molecular complexity index is 719. The largest absolute Gasteiger partial charge is 0.391 e. The van der Waals surface area contributed by atoms with Crippen LogP contribution in [0.3, 0.4) is 0 Å². The van der Waals surface area contributed by atoms with Gasteiger partial charge in [-0.15, -0.1) is 11.3 Å². The van der Waals surface area contributed by atoms with Gasteiger partial charge in [-0.25, -0.2) is 13.8 Å². The van der Waals surface area contributed by atoms with E-state index < -0.39 is 23.8 Å². The van der Waals surface area contributed by atoms with Crippen LogP contribution in [0.5, 0.6) is 0 Å². The molecule has 2 aromatic rings. The van der Waals surface area contributed by atoms with E-state index in [9.17, 15) is 18.7 Å². The first-order valence-corrected chi connectivity index (χ1v) is 7.69. The Kier molecular flexibility index (Phi) is 3.92. The first-order valence-electron chi connectivity index (χ1n) is 6.81. The van der Waals surface area contributed by atoms with E-state index in [1.54, 1.807) is 12.4 Å². The van der Waals surface area contributed by atoms with Gasteiger partial charge in [-0.05, 0) is 31.5 Å². The number of carbonyl (C=O) groups is 1. The second-order valence-corrected chi connectivity index (χ2v) is 6.15. The molecule has 1 amide bonds. The normalized spacial score (nSPS) is 21.4. The summed E-state index contributed by atoms with van der Waals surface area (Å²) in [6.45, 7) is 1.81. The van der Waals surface area contributed by atoms with Crippen molar-refractivity contribution in [1.82, 2.24) is 9.88 Å². The summed E-state index contributed by atoms with van der Waals surface area (Å²) in [6.07, 6.45) is -0.575. The third-order valence-electron chi connectivity index (χ3n) is 3.80. The zero-order valence-corrected chi connectivity index (χ0v) is 12.6. The number of hydrogen-bond donors (Lipinski definition) is 1. The summed E-state index contributed by atoms with van der Waals surface area (Å²) < 4.78 is 27.4. The van der Waals surface area contributed by atoms with E-state index in [2.05, 4.69) is 4.98 Å². The lowest BCUT2D eigenvalue weighted by atomic mass is 10.0. The molecule has 1 N–H and O–H groups in total. The van der Waals surface area contributed by atoms with E-state index in [0.29, 0.717) is 10.6 Å². The second kappa shape index (κ2) is 5.73. The maximum atomic E-state index is 14.0. The lowest BCUT2D eigenvalue weighted by molar-refractivity contribution is 0.0717. The van der Waals surface area contributed by atoms with Crippen molar-refractivity contribution in [2.45, 2.75) is 25.5 Å². The number of nitrogens with zero attached hydrogens (tertiary/aromatic N) is 2. The van der Waals surface area contributed by atoms with Crippen LogP contribution in [0.4, 0.5) is 8.78 Å². The van der Waals surface area contributed by atoms with Gasteiger partial charge in [0.1, 0.15) is 16.5 Å². The third-order valence-corrected chi connectivity index (χ3v) is 4.71. The number of β-amino-alcohol motifs (C(OH)–C–C–N with tert-alkyl or cyclic N) is 1. The highest BCUT2D eigenvalue weighted by Crippen LogP contribution is 2.35. The number of halogens is 2. The van der Waals surface area contributed by atoms with Crippen LogP contribution in [0.1, 0.15) is 33.4 Å². The topological polar surface area (TPSA) is 53.4 Å². The highest BCUT2D eigenvalue weighted by atomic mass is 32.1. The van der Waals surface area contributed by atoms with Crippen LogP contribution in [0.2, 0.25) is 0 Å². The zero-order valence-electron chi connectivity index (χ0n) is 11.8. The van der Waals surface area contributed by atoms with Gasteiger partial charge in [-0.2, -0.15) is 0 Å². The van der Waals surface area contributed by atoms with E-state index in [1.165, 1.54) is 16.2 Å². The Morgan fingerprint density at radius 2 is 2.23 bits per heavy atom. The predicted molar refractivity (Wildman–Crippen MR) is 77.6 cm³/mol. The highest BCUT2D eigenvalue weighted by molar-refractivity contribution is 7.11. The van der Waals surface area contributed by atoms with Crippen molar-refractivity contribution in [3.63, 3.8) is 0 Å². The van der Waals surface area contributed by atoms with Crippen LogP contribution < -0.4 is 0 Å². The fourth-order valence-corrected chi connectivity index (χ4v) is 3.50. The summed E-state index contributed by atoms with van der Waals surface area (Å²) in [5.74, 6) is -1.47. The summed E-state index contributed by atoms with van der Waals surface area (Å²) in [7, 11) is 0. The number of aryl methyl sites for hydroxylation is 1. The maximum absolute atomic E-state index is 14.0. The number of rotatable bonds is 2. The Balaban J connectivity index is 1.98. The fourth-order valence-electron chi connectivity index (χ4n) is 2.74. The van der Waals surface area contributed by atoms with Crippen LogP contribution in [-0.4, -0.2) is 33.5 Å². The Labute approximate surface area is 130 Å². The molecule has 0 aliphatic carbocycles. The monoisotopic (exact) mass is 324 g/mol. The van der Waals surface area contributed by atoms with Crippen LogP contribution >= 0.6 is 11.3 Å². The average molecular weight is 324 g/mol. The van der Waals surface area contributed by atoms with Crippen LogP contribution in [0, 0.1) is 18.6 Å². The van der Waals surface area contributed by atoms with Gasteiger partial charge in [-0.1, -0.05) is 0 Å². The lowest BCUT2D eigenvalue weighted by Crippen LogP contribution is -2.32. The molecular formula is C15H14F2N2O2S. The second-order valence-electron chi connectivity index (χ2n) is 5.30. The Morgan fingerprint density at radius 1 is 1.45 bits per heavy atom. The van der Waals surface area contributed by atoms with Gasteiger partial charge in [0.25, 0.3) is 5.91 Å². The van der Waals surface area contributed by atoms with Gasteiger partial charge in [0, 0.05) is 12.1 Å². The first kappa shape index (κ1) is 15.1. The standard InChI is InChI=1S/C15H14F2N2O2S/c1-8-14(22-7-18-8)15(21)19-6-10(20)5-13(19)11-4-9(16)2-3-12(11)17/h2-4,7,10,13,20H,5-6H2,1H3. The molecule has 1 aromatic heterocycles. The SMILES string of the molecule is Cc1ncsc1C(=O)N1CC(O)CC1c1cc(F)ccc1F. The summed E-state index contributed by atoms with van der Waals surface area (Å²) >= 11 is 1.20. The summed E-state index contributed by atoms with van der Waals surface area (Å²) in [4.78, 5) is 18.5. The molecule has 0 spiro atoms. The van der Waals surface area contributed by atoms with Gasteiger partial charge in [0.2, 0.25) is 0 Å². The number of benzene rings is 1. The van der Waals surface area contributed by atoms with Crippen LogP contribution in [0.15, 0.2) is 23.7 Å². The molecule has 1 saturated heterocycles. The van der Waals surface area contributed by atoms with Crippen molar-refractivity contribution in [1.29, 1.82) is 0 Å².